The third kappa shape index (κ3) is 4.26. The summed E-state index contributed by atoms with van der Waals surface area (Å²) in [5.74, 6) is 2.04. The minimum absolute atomic E-state index is 0.135. The maximum atomic E-state index is 13.5. The van der Waals surface area contributed by atoms with Gasteiger partial charge in [-0.3, -0.25) is 14.6 Å². The molecule has 1 aromatic carbocycles. The first kappa shape index (κ1) is 23.4. The monoisotopic (exact) mass is 493 g/mol. The predicted molar refractivity (Wildman–Crippen MR) is 135 cm³/mol. The van der Waals surface area contributed by atoms with E-state index in [2.05, 4.69) is 51.1 Å². The van der Waals surface area contributed by atoms with Gasteiger partial charge in [-0.2, -0.15) is 0 Å². The van der Waals surface area contributed by atoms with Crippen molar-refractivity contribution in [3.05, 3.63) is 39.9 Å². The summed E-state index contributed by atoms with van der Waals surface area (Å²) in [4.78, 5) is 21.6. The van der Waals surface area contributed by atoms with E-state index in [1.54, 1.807) is 0 Å². The Kier molecular flexibility index (Phi) is 5.95. The van der Waals surface area contributed by atoms with E-state index in [1.807, 2.05) is 22.9 Å². The van der Waals surface area contributed by atoms with Gasteiger partial charge in [0.15, 0.2) is 17.3 Å². The average molecular weight is 494 g/mol. The normalized spacial score (nSPS) is 20.8. The summed E-state index contributed by atoms with van der Waals surface area (Å²) < 4.78 is 13.0. The molecule has 192 valence electrons. The number of nitrogens with zero attached hydrogens (tertiary/aromatic N) is 6. The van der Waals surface area contributed by atoms with Crippen molar-refractivity contribution < 1.29 is 9.47 Å². The van der Waals surface area contributed by atoms with Crippen LogP contribution in [0.25, 0.3) is 10.9 Å². The van der Waals surface area contributed by atoms with Crippen LogP contribution in [0.2, 0.25) is 0 Å². The lowest BCUT2D eigenvalue weighted by Crippen LogP contribution is -2.52. The van der Waals surface area contributed by atoms with Gasteiger partial charge in [0.2, 0.25) is 6.79 Å². The molecule has 0 unspecified atom stereocenters. The molecular weight excluding hydrogens is 458 g/mol. The van der Waals surface area contributed by atoms with Crippen molar-refractivity contribution in [2.24, 2.45) is 0 Å². The molecule has 3 aromatic rings. The van der Waals surface area contributed by atoms with Crippen LogP contribution in [-0.4, -0.2) is 74.0 Å². The van der Waals surface area contributed by atoms with E-state index in [1.165, 1.54) is 32.1 Å². The number of fused-ring (bicyclic) bond motifs is 2. The van der Waals surface area contributed by atoms with Crippen LogP contribution in [0, 0.1) is 0 Å². The Balaban J connectivity index is 1.39. The van der Waals surface area contributed by atoms with Gasteiger partial charge in [0.1, 0.15) is 6.04 Å². The zero-order valence-electron chi connectivity index (χ0n) is 21.4. The molecule has 2 aliphatic heterocycles. The highest BCUT2D eigenvalue weighted by Crippen LogP contribution is 2.37. The van der Waals surface area contributed by atoms with Crippen LogP contribution in [0.4, 0.5) is 0 Å². The summed E-state index contributed by atoms with van der Waals surface area (Å²) in [5, 5.41) is 13.7. The van der Waals surface area contributed by atoms with Crippen molar-refractivity contribution in [2.45, 2.75) is 70.5 Å². The highest BCUT2D eigenvalue weighted by molar-refractivity contribution is 5.83. The number of aromatic nitrogens is 5. The number of piperazine rings is 1. The van der Waals surface area contributed by atoms with Crippen LogP contribution in [0.1, 0.15) is 70.3 Å². The quantitative estimate of drug-likeness (QED) is 0.592. The number of aromatic amines is 1. The Labute approximate surface area is 210 Å². The molecule has 10 nitrogen and oxygen atoms in total. The summed E-state index contributed by atoms with van der Waals surface area (Å²) in [5.41, 5.74) is 0.915. The zero-order chi connectivity index (χ0) is 24.9. The van der Waals surface area contributed by atoms with Crippen LogP contribution in [0.3, 0.4) is 0 Å². The molecule has 4 heterocycles. The lowest BCUT2D eigenvalue weighted by molar-refractivity contribution is 0.0606. The van der Waals surface area contributed by atoms with Crippen LogP contribution < -0.4 is 15.0 Å². The molecule has 1 N–H and O–H groups in total. The van der Waals surface area contributed by atoms with Crippen molar-refractivity contribution in [1.29, 1.82) is 0 Å². The van der Waals surface area contributed by atoms with Gasteiger partial charge in [-0.05, 0) is 56.2 Å². The van der Waals surface area contributed by atoms with Gasteiger partial charge in [-0.1, -0.05) is 19.3 Å². The molecule has 10 heteroatoms. The molecule has 6 rings (SSSR count). The molecular formula is C26H35N7O3. The Morgan fingerprint density at radius 3 is 2.44 bits per heavy atom. The maximum absolute atomic E-state index is 13.5. The van der Waals surface area contributed by atoms with Crippen molar-refractivity contribution >= 4 is 10.9 Å². The van der Waals surface area contributed by atoms with Crippen LogP contribution in [0.15, 0.2) is 23.0 Å². The third-order valence-electron chi connectivity index (χ3n) is 7.84. The topological polar surface area (TPSA) is 101 Å². The number of ether oxygens (including phenoxy) is 2. The molecule has 36 heavy (non-hydrogen) atoms. The summed E-state index contributed by atoms with van der Waals surface area (Å²) in [7, 11) is 0. The van der Waals surface area contributed by atoms with E-state index in [-0.39, 0.29) is 23.9 Å². The molecule has 1 aliphatic carbocycles. The summed E-state index contributed by atoms with van der Waals surface area (Å²) >= 11 is 0. The zero-order valence-corrected chi connectivity index (χ0v) is 21.4. The minimum atomic E-state index is -0.355. The van der Waals surface area contributed by atoms with Crippen molar-refractivity contribution in [3.63, 3.8) is 0 Å². The van der Waals surface area contributed by atoms with Crippen LogP contribution in [-0.2, 0) is 5.54 Å². The molecule has 2 aromatic heterocycles. The maximum Gasteiger partial charge on any atom is 0.253 e. The summed E-state index contributed by atoms with van der Waals surface area (Å²) in [6.07, 6.45) is 6.62. The molecule has 1 atom stereocenters. The fourth-order valence-electron chi connectivity index (χ4n) is 5.96. The van der Waals surface area contributed by atoms with E-state index in [0.29, 0.717) is 28.9 Å². The van der Waals surface area contributed by atoms with E-state index >= 15 is 0 Å². The molecule has 1 saturated carbocycles. The van der Waals surface area contributed by atoms with Crippen LogP contribution in [0.5, 0.6) is 11.5 Å². The fourth-order valence-corrected chi connectivity index (χ4v) is 5.96. The molecule has 0 amide bonds. The molecule has 0 bridgehead atoms. The largest absolute Gasteiger partial charge is 0.454 e. The Bertz CT molecular complexity index is 1300. The lowest BCUT2D eigenvalue weighted by atomic mass is 9.93. The van der Waals surface area contributed by atoms with Crippen molar-refractivity contribution in [1.82, 2.24) is 35.0 Å². The predicted octanol–water partition coefficient (Wildman–Crippen LogP) is 3.04. The van der Waals surface area contributed by atoms with E-state index in [4.69, 9.17) is 9.47 Å². The van der Waals surface area contributed by atoms with Gasteiger partial charge < -0.3 is 14.5 Å². The SMILES string of the molecule is CC(C)(C)n1nnnc1[C@H](c1cc2cc3c(cc2[nH]c1=O)OCO3)N1CCN(C2CCCCC2)CC1. The van der Waals surface area contributed by atoms with Gasteiger partial charge >= 0.3 is 0 Å². The number of pyridine rings is 1. The molecule has 0 spiro atoms. The third-order valence-corrected chi connectivity index (χ3v) is 7.84. The van der Waals surface area contributed by atoms with E-state index < -0.39 is 0 Å². The fraction of sp³-hybridized carbons (Fsp3) is 0.615. The van der Waals surface area contributed by atoms with Gasteiger partial charge in [0.25, 0.3) is 5.56 Å². The van der Waals surface area contributed by atoms with E-state index in [0.717, 1.165) is 37.1 Å². The number of benzene rings is 1. The average Bonchev–Trinajstić information content (AvgIpc) is 3.54. The summed E-state index contributed by atoms with van der Waals surface area (Å²) in [6, 6.07) is 6.07. The smallest absolute Gasteiger partial charge is 0.253 e. The second-order valence-corrected chi connectivity index (χ2v) is 11.2. The number of hydrogen-bond acceptors (Lipinski definition) is 8. The van der Waals surface area contributed by atoms with Crippen LogP contribution >= 0.6 is 0 Å². The number of nitrogens with one attached hydrogen (secondary N) is 1. The number of hydrogen-bond donors (Lipinski definition) is 1. The lowest BCUT2D eigenvalue weighted by Gasteiger charge is -2.43. The first-order valence-electron chi connectivity index (χ1n) is 13.1. The van der Waals surface area contributed by atoms with Crippen molar-refractivity contribution in [2.75, 3.05) is 33.0 Å². The Hall–Kier alpha value is -2.98. The number of tetrazole rings is 1. The minimum Gasteiger partial charge on any atom is -0.454 e. The molecule has 0 radical (unpaired) electrons. The highest BCUT2D eigenvalue weighted by atomic mass is 16.7. The number of rotatable bonds is 4. The molecule has 2 fully saturated rings. The second-order valence-electron chi connectivity index (χ2n) is 11.2. The highest BCUT2D eigenvalue weighted by Gasteiger charge is 2.36. The first-order chi connectivity index (χ1) is 17.4. The van der Waals surface area contributed by atoms with Gasteiger partial charge in [-0.25, -0.2) is 4.68 Å². The second kappa shape index (κ2) is 9.15. The molecule has 1 saturated heterocycles. The molecule has 3 aliphatic rings. The first-order valence-corrected chi connectivity index (χ1v) is 13.1. The summed E-state index contributed by atoms with van der Waals surface area (Å²) in [6.45, 7) is 10.1. The number of H-pyrrole nitrogens is 1. The van der Waals surface area contributed by atoms with Gasteiger partial charge in [0.05, 0.1) is 11.1 Å². The van der Waals surface area contributed by atoms with Gasteiger partial charge in [0, 0.05) is 49.2 Å². The van der Waals surface area contributed by atoms with E-state index in [9.17, 15) is 4.79 Å². The Morgan fingerprint density at radius 1 is 1.00 bits per heavy atom. The standard InChI is InChI=1S/C26H35N7O3/c1-26(2,3)33-24(28-29-30-33)23(32-11-9-31(10-12-32)18-7-5-4-6-8-18)19-13-17-14-21-22(36-16-35-21)15-20(17)27-25(19)34/h13-15,18,23H,4-12,16H2,1-3H3,(H,27,34)/t23-/m0/s1. The van der Waals surface area contributed by atoms with Crippen molar-refractivity contribution in [3.8, 4) is 11.5 Å². The Morgan fingerprint density at radius 2 is 1.72 bits per heavy atom. The van der Waals surface area contributed by atoms with Gasteiger partial charge in [-0.15, -0.1) is 5.10 Å².